The first kappa shape index (κ1) is 17.9. The number of aliphatic carboxylic acids is 1. The number of nitrogens with zero attached hydrogens (tertiary/aromatic N) is 1. The van der Waals surface area contributed by atoms with Gasteiger partial charge in [-0.05, 0) is 33.1 Å². The summed E-state index contributed by atoms with van der Waals surface area (Å²) in [6.45, 7) is 5.25. The molecule has 1 aliphatic heterocycles. The van der Waals surface area contributed by atoms with Gasteiger partial charge in [-0.25, -0.2) is 17.5 Å². The molecule has 0 saturated carbocycles. The monoisotopic (exact) mass is 320 g/mol. The van der Waals surface area contributed by atoms with Crippen molar-refractivity contribution in [2.75, 3.05) is 18.8 Å². The number of carbonyl (C=O) groups excluding carboxylic acids is 1. The normalized spacial score (nSPS) is 23.3. The zero-order chi connectivity index (χ0) is 16.3. The van der Waals surface area contributed by atoms with Crippen molar-refractivity contribution in [2.45, 2.75) is 45.6 Å². The van der Waals surface area contributed by atoms with Crippen molar-refractivity contribution in [3.63, 3.8) is 0 Å². The smallest absolute Gasteiger partial charge is 0.329 e. The summed E-state index contributed by atoms with van der Waals surface area (Å²) in [5, 5.41) is 11.7. The Morgan fingerprint density at radius 3 is 2.48 bits per heavy atom. The maximum absolute atomic E-state index is 12.2. The van der Waals surface area contributed by atoms with Gasteiger partial charge in [0.05, 0.1) is 11.7 Å². The first-order chi connectivity index (χ1) is 9.66. The highest BCUT2D eigenvalue weighted by atomic mass is 32.2. The van der Waals surface area contributed by atoms with Crippen molar-refractivity contribution in [1.82, 2.24) is 9.62 Å². The first-order valence-electron chi connectivity index (χ1n) is 7.19. The molecule has 7 nitrogen and oxygen atoms in total. The van der Waals surface area contributed by atoms with Crippen LogP contribution in [0.25, 0.3) is 0 Å². The fourth-order valence-electron chi connectivity index (χ4n) is 2.26. The van der Waals surface area contributed by atoms with Crippen LogP contribution in [0, 0.1) is 5.92 Å². The van der Waals surface area contributed by atoms with Gasteiger partial charge in [-0.15, -0.1) is 0 Å². The van der Waals surface area contributed by atoms with Crippen molar-refractivity contribution >= 4 is 21.9 Å². The number of piperidine rings is 1. The van der Waals surface area contributed by atoms with Crippen molar-refractivity contribution in [3.05, 3.63) is 0 Å². The third-order valence-corrected chi connectivity index (χ3v) is 5.94. The lowest BCUT2D eigenvalue weighted by Gasteiger charge is -2.33. The Bertz CT molecular complexity index is 505. The molecule has 0 bridgehead atoms. The molecule has 1 saturated heterocycles. The number of amides is 1. The number of hydrogen-bond donors (Lipinski definition) is 2. The van der Waals surface area contributed by atoms with Gasteiger partial charge in [0, 0.05) is 13.1 Å². The molecule has 2 unspecified atom stereocenters. The zero-order valence-electron chi connectivity index (χ0n) is 12.8. The average molecular weight is 320 g/mol. The molecule has 1 aliphatic rings. The van der Waals surface area contributed by atoms with Gasteiger partial charge in [0.2, 0.25) is 15.9 Å². The molecule has 2 N–H and O–H groups in total. The van der Waals surface area contributed by atoms with Gasteiger partial charge in [0.25, 0.3) is 0 Å². The van der Waals surface area contributed by atoms with Gasteiger partial charge in [0.1, 0.15) is 5.54 Å². The lowest BCUT2D eigenvalue weighted by atomic mass is 9.94. The zero-order valence-corrected chi connectivity index (χ0v) is 13.6. The Morgan fingerprint density at radius 2 is 2.00 bits per heavy atom. The maximum atomic E-state index is 12.2. The Balaban J connectivity index is 2.77. The van der Waals surface area contributed by atoms with E-state index in [-0.39, 0.29) is 18.7 Å². The van der Waals surface area contributed by atoms with E-state index < -0.39 is 33.4 Å². The molecular formula is C13H24N2O5S. The van der Waals surface area contributed by atoms with Crippen LogP contribution in [0.15, 0.2) is 0 Å². The minimum Gasteiger partial charge on any atom is -0.480 e. The predicted octanol–water partition coefficient (Wildman–Crippen LogP) is 0.418. The lowest BCUT2D eigenvalue weighted by molar-refractivity contribution is -0.147. The Hall–Kier alpha value is -1.15. The van der Waals surface area contributed by atoms with Crippen LogP contribution in [0.3, 0.4) is 0 Å². The topological polar surface area (TPSA) is 104 Å². The molecule has 1 rings (SSSR count). The molecule has 1 amide bonds. The van der Waals surface area contributed by atoms with Gasteiger partial charge in [-0.3, -0.25) is 4.79 Å². The molecule has 0 aromatic carbocycles. The van der Waals surface area contributed by atoms with E-state index in [2.05, 4.69) is 5.32 Å². The van der Waals surface area contributed by atoms with E-state index in [0.29, 0.717) is 19.4 Å². The number of hydrogen-bond acceptors (Lipinski definition) is 4. The number of sulfonamides is 1. The number of rotatable bonds is 6. The van der Waals surface area contributed by atoms with Crippen LogP contribution < -0.4 is 5.32 Å². The van der Waals surface area contributed by atoms with E-state index in [1.54, 1.807) is 13.8 Å². The quantitative estimate of drug-likeness (QED) is 0.738. The van der Waals surface area contributed by atoms with Gasteiger partial charge < -0.3 is 10.4 Å². The van der Waals surface area contributed by atoms with E-state index in [4.69, 9.17) is 0 Å². The number of carbonyl (C=O) groups is 2. The SMILES string of the molecule is CCC(C)(NC(=O)C1CCCN(S(=O)(=O)CC)C1)C(=O)O. The molecule has 122 valence electrons. The fourth-order valence-corrected chi connectivity index (χ4v) is 3.44. The summed E-state index contributed by atoms with van der Waals surface area (Å²) in [4.78, 5) is 23.5. The van der Waals surface area contributed by atoms with Crippen molar-refractivity contribution in [1.29, 1.82) is 0 Å². The van der Waals surface area contributed by atoms with Crippen LogP contribution in [0.2, 0.25) is 0 Å². The highest BCUT2D eigenvalue weighted by Crippen LogP contribution is 2.21. The van der Waals surface area contributed by atoms with Crippen molar-refractivity contribution in [3.8, 4) is 0 Å². The predicted molar refractivity (Wildman–Crippen MR) is 78.2 cm³/mol. The molecule has 21 heavy (non-hydrogen) atoms. The molecular weight excluding hydrogens is 296 g/mol. The summed E-state index contributed by atoms with van der Waals surface area (Å²) in [7, 11) is -3.32. The van der Waals surface area contributed by atoms with E-state index in [0.717, 1.165) is 0 Å². The Kier molecular flexibility index (Phi) is 5.75. The molecule has 2 atom stereocenters. The van der Waals surface area contributed by atoms with Crippen LogP contribution in [0.4, 0.5) is 0 Å². The second-order valence-electron chi connectivity index (χ2n) is 5.58. The highest BCUT2D eigenvalue weighted by Gasteiger charge is 2.37. The summed E-state index contributed by atoms with van der Waals surface area (Å²) in [6.07, 6.45) is 1.44. The van der Waals surface area contributed by atoms with Crippen LogP contribution in [-0.4, -0.2) is 54.1 Å². The van der Waals surface area contributed by atoms with Crippen LogP contribution in [0.1, 0.15) is 40.0 Å². The summed E-state index contributed by atoms with van der Waals surface area (Å²) >= 11 is 0. The Morgan fingerprint density at radius 1 is 1.38 bits per heavy atom. The molecule has 8 heteroatoms. The molecule has 1 fully saturated rings. The van der Waals surface area contributed by atoms with E-state index in [1.807, 2.05) is 0 Å². The van der Waals surface area contributed by atoms with Crippen molar-refractivity contribution < 1.29 is 23.1 Å². The van der Waals surface area contributed by atoms with Gasteiger partial charge >= 0.3 is 5.97 Å². The lowest BCUT2D eigenvalue weighted by Crippen LogP contribution is -2.55. The first-order valence-corrected chi connectivity index (χ1v) is 8.80. The van der Waals surface area contributed by atoms with Crippen LogP contribution in [0.5, 0.6) is 0 Å². The van der Waals surface area contributed by atoms with Crippen LogP contribution >= 0.6 is 0 Å². The Labute approximate surface area is 125 Å². The van der Waals surface area contributed by atoms with Crippen molar-refractivity contribution in [2.24, 2.45) is 5.92 Å². The van der Waals surface area contributed by atoms with E-state index >= 15 is 0 Å². The third-order valence-electron chi connectivity index (χ3n) is 4.09. The minimum absolute atomic E-state index is 0.00312. The van der Waals surface area contributed by atoms with Gasteiger partial charge in [0.15, 0.2) is 0 Å². The number of nitrogens with one attached hydrogen (secondary N) is 1. The molecule has 0 aromatic rings. The van der Waals surface area contributed by atoms with E-state index in [1.165, 1.54) is 11.2 Å². The minimum atomic E-state index is -3.32. The second kappa shape index (κ2) is 6.74. The summed E-state index contributed by atoms with van der Waals surface area (Å²) in [6, 6.07) is 0. The number of carboxylic acid groups (broad SMARTS) is 1. The molecule has 0 aliphatic carbocycles. The largest absolute Gasteiger partial charge is 0.480 e. The molecule has 0 spiro atoms. The number of carboxylic acids is 1. The second-order valence-corrected chi connectivity index (χ2v) is 7.84. The molecule has 0 radical (unpaired) electrons. The average Bonchev–Trinajstić information content (AvgIpc) is 2.46. The van der Waals surface area contributed by atoms with Gasteiger partial charge in [-0.1, -0.05) is 6.92 Å². The summed E-state index contributed by atoms with van der Waals surface area (Å²) in [5.74, 6) is -1.97. The van der Waals surface area contributed by atoms with Gasteiger partial charge in [-0.2, -0.15) is 0 Å². The summed E-state index contributed by atoms with van der Waals surface area (Å²) < 4.78 is 25.1. The third kappa shape index (κ3) is 4.16. The summed E-state index contributed by atoms with van der Waals surface area (Å²) in [5.41, 5.74) is -1.32. The standard InChI is InChI=1S/C13H24N2O5S/c1-4-13(3,12(17)18)14-11(16)10-7-6-8-15(9-10)21(19,20)5-2/h10H,4-9H2,1-3H3,(H,14,16)(H,17,18). The molecule has 1 heterocycles. The maximum Gasteiger partial charge on any atom is 0.329 e. The highest BCUT2D eigenvalue weighted by molar-refractivity contribution is 7.89. The van der Waals surface area contributed by atoms with Crippen LogP contribution in [-0.2, 0) is 19.6 Å². The fraction of sp³-hybridized carbons (Fsp3) is 0.846. The molecule has 0 aromatic heterocycles. The van der Waals surface area contributed by atoms with E-state index in [9.17, 15) is 23.1 Å².